The molecule has 0 aliphatic rings. The molecule has 0 aromatic rings. The Bertz CT molecular complexity index is 297. The van der Waals surface area contributed by atoms with Crippen LogP contribution in [-0.4, -0.2) is 38.2 Å². The normalized spacial score (nSPS) is 17.4. The third-order valence-corrected chi connectivity index (χ3v) is 3.53. The standard InChI is InChI=1S/C15H30N4/c1-6-13(12(4)14(16)7-2)15(19-11-17-5)9-10-18-8-3/h7,11-14,18H,2,6,8-10,16H2,1,3-5H3/t12-,13+,14+/m0/s1. The van der Waals surface area contributed by atoms with Crippen molar-refractivity contribution in [1.82, 2.24) is 5.32 Å². The summed E-state index contributed by atoms with van der Waals surface area (Å²) in [4.78, 5) is 8.48. The highest BCUT2D eigenvalue weighted by molar-refractivity contribution is 5.92. The van der Waals surface area contributed by atoms with Crippen molar-refractivity contribution in [1.29, 1.82) is 0 Å². The summed E-state index contributed by atoms with van der Waals surface area (Å²) in [5.74, 6) is 0.720. The number of hydrogen-bond acceptors (Lipinski definition) is 3. The second-order valence-electron chi connectivity index (χ2n) is 4.78. The Kier molecular flexibility index (Phi) is 10.3. The summed E-state index contributed by atoms with van der Waals surface area (Å²) in [5.41, 5.74) is 7.27. The SMILES string of the molecule is C=C[C@@H](N)[C@@H](C)[C@@H](CC)C(CCNCC)=NC=NC. The molecule has 19 heavy (non-hydrogen) atoms. The second-order valence-corrected chi connectivity index (χ2v) is 4.78. The molecule has 4 heteroatoms. The molecule has 0 amide bonds. The van der Waals surface area contributed by atoms with Crippen molar-refractivity contribution in [3.63, 3.8) is 0 Å². The van der Waals surface area contributed by atoms with E-state index in [0.717, 1.165) is 25.9 Å². The molecule has 3 N–H and O–H groups in total. The Labute approximate surface area is 118 Å². The van der Waals surface area contributed by atoms with Gasteiger partial charge >= 0.3 is 0 Å². The Morgan fingerprint density at radius 2 is 2.11 bits per heavy atom. The summed E-state index contributed by atoms with van der Waals surface area (Å²) in [7, 11) is 1.74. The van der Waals surface area contributed by atoms with E-state index in [1.54, 1.807) is 13.4 Å². The van der Waals surface area contributed by atoms with Gasteiger partial charge in [0.2, 0.25) is 0 Å². The summed E-state index contributed by atoms with van der Waals surface area (Å²) in [6.07, 6.45) is 5.43. The lowest BCUT2D eigenvalue weighted by atomic mass is 9.81. The molecule has 0 spiro atoms. The van der Waals surface area contributed by atoms with Crippen LogP contribution >= 0.6 is 0 Å². The molecule has 0 radical (unpaired) electrons. The molecule has 0 saturated carbocycles. The minimum absolute atomic E-state index is 0.00727. The van der Waals surface area contributed by atoms with Gasteiger partial charge in [-0.2, -0.15) is 0 Å². The summed E-state index contributed by atoms with van der Waals surface area (Å²) in [6, 6.07) is 0.00727. The van der Waals surface area contributed by atoms with Crippen LogP contribution in [0.3, 0.4) is 0 Å². The second kappa shape index (κ2) is 10.9. The molecule has 0 aliphatic heterocycles. The first-order valence-electron chi connectivity index (χ1n) is 7.18. The highest BCUT2D eigenvalue weighted by Gasteiger charge is 2.24. The van der Waals surface area contributed by atoms with Crippen LogP contribution in [-0.2, 0) is 0 Å². The van der Waals surface area contributed by atoms with Crippen LogP contribution in [0.15, 0.2) is 22.6 Å². The average molecular weight is 266 g/mol. The molecule has 3 atom stereocenters. The topological polar surface area (TPSA) is 62.8 Å². The van der Waals surface area contributed by atoms with Crippen LogP contribution in [0.25, 0.3) is 0 Å². The van der Waals surface area contributed by atoms with Crippen molar-refractivity contribution in [2.24, 2.45) is 27.6 Å². The lowest BCUT2D eigenvalue weighted by molar-refractivity contribution is 0.400. The fraction of sp³-hybridized carbons (Fsp3) is 0.733. The molecule has 0 aliphatic carbocycles. The van der Waals surface area contributed by atoms with Gasteiger partial charge in [0.25, 0.3) is 0 Å². The maximum absolute atomic E-state index is 6.09. The molecule has 0 aromatic carbocycles. The van der Waals surface area contributed by atoms with Crippen molar-refractivity contribution >= 4 is 12.1 Å². The maximum atomic E-state index is 6.09. The molecule has 0 aromatic heterocycles. The predicted octanol–water partition coefficient (Wildman–Crippen LogP) is 2.26. The summed E-state index contributed by atoms with van der Waals surface area (Å²) in [5, 5.41) is 3.34. The first-order chi connectivity index (χ1) is 9.12. The van der Waals surface area contributed by atoms with Gasteiger partial charge in [0.15, 0.2) is 0 Å². The largest absolute Gasteiger partial charge is 0.324 e. The van der Waals surface area contributed by atoms with Gasteiger partial charge in [0.05, 0.1) is 0 Å². The van der Waals surface area contributed by atoms with Crippen LogP contribution < -0.4 is 11.1 Å². The Balaban J connectivity index is 4.90. The van der Waals surface area contributed by atoms with E-state index in [4.69, 9.17) is 5.73 Å². The van der Waals surface area contributed by atoms with Gasteiger partial charge in [-0.15, -0.1) is 6.58 Å². The molecule has 4 nitrogen and oxygen atoms in total. The molecular weight excluding hydrogens is 236 g/mol. The quantitative estimate of drug-likeness (QED) is 0.276. The Morgan fingerprint density at radius 3 is 2.58 bits per heavy atom. The Morgan fingerprint density at radius 1 is 1.42 bits per heavy atom. The van der Waals surface area contributed by atoms with Crippen molar-refractivity contribution in [2.75, 3.05) is 20.1 Å². The predicted molar refractivity (Wildman–Crippen MR) is 86.1 cm³/mol. The Hall–Kier alpha value is -1.00. The fourth-order valence-corrected chi connectivity index (χ4v) is 2.26. The van der Waals surface area contributed by atoms with Gasteiger partial charge in [0.1, 0.15) is 6.34 Å². The van der Waals surface area contributed by atoms with Crippen molar-refractivity contribution in [3.05, 3.63) is 12.7 Å². The third-order valence-electron chi connectivity index (χ3n) is 3.53. The molecule has 0 bridgehead atoms. The minimum Gasteiger partial charge on any atom is -0.324 e. The van der Waals surface area contributed by atoms with E-state index in [1.165, 1.54) is 5.71 Å². The fourth-order valence-electron chi connectivity index (χ4n) is 2.26. The monoisotopic (exact) mass is 266 g/mol. The molecular formula is C15H30N4. The van der Waals surface area contributed by atoms with Crippen molar-refractivity contribution < 1.29 is 0 Å². The van der Waals surface area contributed by atoms with Crippen molar-refractivity contribution in [2.45, 2.75) is 39.7 Å². The van der Waals surface area contributed by atoms with Crippen LogP contribution in [0, 0.1) is 11.8 Å². The molecule has 0 saturated heterocycles. The van der Waals surface area contributed by atoms with Crippen LogP contribution in [0.2, 0.25) is 0 Å². The average Bonchev–Trinajstić information content (AvgIpc) is 2.43. The smallest absolute Gasteiger partial charge is 0.109 e. The van der Waals surface area contributed by atoms with Gasteiger partial charge in [-0.3, -0.25) is 4.99 Å². The summed E-state index contributed by atoms with van der Waals surface area (Å²) < 4.78 is 0. The zero-order valence-corrected chi connectivity index (χ0v) is 12.9. The van der Waals surface area contributed by atoms with Crippen molar-refractivity contribution in [3.8, 4) is 0 Å². The minimum atomic E-state index is 0.00727. The number of nitrogens with zero attached hydrogens (tertiary/aromatic N) is 2. The molecule has 110 valence electrons. The van der Waals surface area contributed by atoms with E-state index in [1.807, 2.05) is 6.08 Å². The first kappa shape index (κ1) is 18.0. The van der Waals surface area contributed by atoms with Gasteiger partial charge in [-0.05, 0) is 25.3 Å². The van der Waals surface area contributed by atoms with E-state index >= 15 is 0 Å². The highest BCUT2D eigenvalue weighted by Crippen LogP contribution is 2.22. The van der Waals surface area contributed by atoms with Gasteiger partial charge in [0, 0.05) is 31.3 Å². The first-order valence-corrected chi connectivity index (χ1v) is 7.18. The number of nitrogens with two attached hydrogens (primary N) is 1. The van der Waals surface area contributed by atoms with Gasteiger partial charge in [-0.1, -0.05) is 26.8 Å². The van der Waals surface area contributed by atoms with Crippen LogP contribution in [0.4, 0.5) is 0 Å². The highest BCUT2D eigenvalue weighted by atomic mass is 14.9. The van der Waals surface area contributed by atoms with E-state index in [9.17, 15) is 0 Å². The third kappa shape index (κ3) is 6.64. The molecule has 0 rings (SSSR count). The number of hydrogen-bond donors (Lipinski definition) is 2. The van der Waals surface area contributed by atoms with Crippen LogP contribution in [0.5, 0.6) is 0 Å². The lowest BCUT2D eigenvalue weighted by Gasteiger charge is -2.27. The summed E-state index contributed by atoms with van der Waals surface area (Å²) in [6.45, 7) is 12.2. The zero-order valence-electron chi connectivity index (χ0n) is 12.9. The number of aliphatic imine (C=N–C) groups is 2. The van der Waals surface area contributed by atoms with Gasteiger partial charge in [-0.25, -0.2) is 4.99 Å². The van der Waals surface area contributed by atoms with E-state index in [-0.39, 0.29) is 6.04 Å². The summed E-state index contributed by atoms with van der Waals surface area (Å²) >= 11 is 0. The van der Waals surface area contributed by atoms with E-state index in [2.05, 4.69) is 42.7 Å². The van der Waals surface area contributed by atoms with Crippen LogP contribution in [0.1, 0.15) is 33.6 Å². The number of rotatable bonds is 10. The molecule has 0 unspecified atom stereocenters. The van der Waals surface area contributed by atoms with E-state index in [0.29, 0.717) is 11.8 Å². The molecule has 0 fully saturated rings. The maximum Gasteiger partial charge on any atom is 0.109 e. The molecule has 0 heterocycles. The lowest BCUT2D eigenvalue weighted by Crippen LogP contribution is -2.36. The van der Waals surface area contributed by atoms with E-state index < -0.39 is 0 Å². The number of nitrogens with one attached hydrogen (secondary N) is 1. The zero-order chi connectivity index (χ0) is 14.7. The van der Waals surface area contributed by atoms with Gasteiger partial charge < -0.3 is 11.1 Å².